The molecule has 0 amide bonds. The van der Waals surface area contributed by atoms with Crippen LogP contribution in [0, 0.1) is 4.91 Å². The maximum Gasteiger partial charge on any atom is 0.132 e. The largest absolute Gasteiger partial charge is 0.352 e. The minimum atomic E-state index is 0.458. The van der Waals surface area contributed by atoms with Crippen LogP contribution in [-0.4, -0.2) is 0 Å². The molecule has 3 rings (SSSR count). The maximum absolute atomic E-state index is 10.7. The molecule has 0 fully saturated rings. The SMILES string of the molecule is O=Nc1cccc2c1Nc1ccccc1S2. The number of nitrogens with one attached hydrogen (secondary N) is 1. The Kier molecular flexibility index (Phi) is 2.15. The van der Waals surface area contributed by atoms with Gasteiger partial charge in [-0.25, -0.2) is 0 Å². The lowest BCUT2D eigenvalue weighted by Gasteiger charge is -2.20. The Labute approximate surface area is 96.9 Å². The fourth-order valence-electron chi connectivity index (χ4n) is 1.72. The Morgan fingerprint density at radius 3 is 2.69 bits per heavy atom. The van der Waals surface area contributed by atoms with Crippen molar-refractivity contribution in [3.63, 3.8) is 0 Å². The van der Waals surface area contributed by atoms with Gasteiger partial charge in [0.25, 0.3) is 0 Å². The smallest absolute Gasteiger partial charge is 0.132 e. The van der Waals surface area contributed by atoms with E-state index in [1.54, 1.807) is 17.8 Å². The molecule has 0 bridgehead atoms. The highest BCUT2D eigenvalue weighted by Crippen LogP contribution is 2.47. The van der Waals surface area contributed by atoms with E-state index in [9.17, 15) is 4.91 Å². The minimum absolute atomic E-state index is 0.458. The van der Waals surface area contributed by atoms with Gasteiger partial charge in [0.2, 0.25) is 0 Å². The third-order valence-electron chi connectivity index (χ3n) is 2.47. The van der Waals surface area contributed by atoms with Crippen LogP contribution in [0.25, 0.3) is 0 Å². The molecule has 0 atom stereocenters. The first-order chi connectivity index (χ1) is 7.88. The first kappa shape index (κ1) is 9.42. The Morgan fingerprint density at radius 1 is 1.00 bits per heavy atom. The van der Waals surface area contributed by atoms with Gasteiger partial charge >= 0.3 is 0 Å². The summed E-state index contributed by atoms with van der Waals surface area (Å²) in [4.78, 5) is 12.9. The van der Waals surface area contributed by atoms with Gasteiger partial charge in [-0.05, 0) is 29.4 Å². The van der Waals surface area contributed by atoms with Crippen molar-refractivity contribution in [1.82, 2.24) is 0 Å². The molecule has 0 aromatic heterocycles. The predicted molar refractivity (Wildman–Crippen MR) is 65.7 cm³/mol. The Bertz CT molecular complexity index is 569. The van der Waals surface area contributed by atoms with Crippen LogP contribution in [0.1, 0.15) is 0 Å². The number of hydrogen-bond donors (Lipinski definition) is 1. The first-order valence-corrected chi connectivity index (χ1v) is 5.70. The van der Waals surface area contributed by atoms with Crippen LogP contribution < -0.4 is 5.32 Å². The highest BCUT2D eigenvalue weighted by molar-refractivity contribution is 7.99. The first-order valence-electron chi connectivity index (χ1n) is 4.89. The second-order valence-electron chi connectivity index (χ2n) is 3.46. The second-order valence-corrected chi connectivity index (χ2v) is 4.55. The van der Waals surface area contributed by atoms with Gasteiger partial charge in [0.05, 0.1) is 11.4 Å². The third kappa shape index (κ3) is 1.39. The monoisotopic (exact) mass is 228 g/mol. The summed E-state index contributed by atoms with van der Waals surface area (Å²) < 4.78 is 0. The van der Waals surface area contributed by atoms with Crippen LogP contribution >= 0.6 is 11.8 Å². The molecule has 16 heavy (non-hydrogen) atoms. The quantitative estimate of drug-likeness (QED) is 0.631. The number of nitroso groups, excluding NO2 is 1. The van der Waals surface area contributed by atoms with Crippen LogP contribution in [0.3, 0.4) is 0 Å². The van der Waals surface area contributed by atoms with Crippen molar-refractivity contribution in [2.24, 2.45) is 5.18 Å². The summed E-state index contributed by atoms with van der Waals surface area (Å²) in [7, 11) is 0. The van der Waals surface area contributed by atoms with E-state index in [1.165, 1.54) is 0 Å². The molecule has 1 aliphatic heterocycles. The van der Waals surface area contributed by atoms with Crippen LogP contribution in [-0.2, 0) is 0 Å². The molecule has 0 aliphatic carbocycles. The van der Waals surface area contributed by atoms with Crippen LogP contribution in [0.4, 0.5) is 17.1 Å². The van der Waals surface area contributed by atoms with E-state index >= 15 is 0 Å². The van der Waals surface area contributed by atoms with Crippen LogP contribution in [0.15, 0.2) is 57.4 Å². The highest BCUT2D eigenvalue weighted by atomic mass is 32.2. The standard InChI is InChI=1S/C12H8N2OS/c15-14-9-5-3-7-11-12(9)13-8-4-1-2-6-10(8)16-11/h1-7,13H. The van der Waals surface area contributed by atoms with Crippen molar-refractivity contribution < 1.29 is 0 Å². The summed E-state index contributed by atoms with van der Waals surface area (Å²) in [5, 5.41) is 6.28. The van der Waals surface area contributed by atoms with E-state index in [2.05, 4.69) is 16.6 Å². The molecule has 78 valence electrons. The van der Waals surface area contributed by atoms with Gasteiger partial charge in [-0.2, -0.15) is 0 Å². The molecule has 0 saturated carbocycles. The van der Waals surface area contributed by atoms with Crippen molar-refractivity contribution in [2.45, 2.75) is 9.79 Å². The molecule has 3 nitrogen and oxygen atoms in total. The number of rotatable bonds is 1. The highest BCUT2D eigenvalue weighted by Gasteiger charge is 2.17. The fourth-order valence-corrected chi connectivity index (χ4v) is 2.74. The molecule has 0 spiro atoms. The molecule has 0 unspecified atom stereocenters. The van der Waals surface area contributed by atoms with E-state index < -0.39 is 0 Å². The molecule has 1 heterocycles. The number of para-hydroxylation sites is 2. The average molecular weight is 228 g/mol. The fraction of sp³-hybridized carbons (Fsp3) is 0. The molecule has 1 N–H and O–H groups in total. The zero-order valence-corrected chi connectivity index (χ0v) is 9.12. The molecular weight excluding hydrogens is 220 g/mol. The zero-order chi connectivity index (χ0) is 11.0. The van der Waals surface area contributed by atoms with E-state index in [0.717, 1.165) is 21.2 Å². The van der Waals surface area contributed by atoms with Crippen molar-refractivity contribution in [3.8, 4) is 0 Å². The second kappa shape index (κ2) is 3.64. The number of anilines is 2. The van der Waals surface area contributed by atoms with Crippen molar-refractivity contribution in [2.75, 3.05) is 5.32 Å². The Morgan fingerprint density at radius 2 is 1.81 bits per heavy atom. The normalized spacial score (nSPS) is 12.2. The number of benzene rings is 2. The predicted octanol–water partition coefficient (Wildman–Crippen LogP) is 4.29. The van der Waals surface area contributed by atoms with Gasteiger partial charge in [0.15, 0.2) is 0 Å². The lowest BCUT2D eigenvalue weighted by Crippen LogP contribution is -1.99. The lowest BCUT2D eigenvalue weighted by molar-refractivity contribution is 1.30. The van der Waals surface area contributed by atoms with Crippen molar-refractivity contribution in [3.05, 3.63) is 47.4 Å². The van der Waals surface area contributed by atoms with Gasteiger partial charge < -0.3 is 5.32 Å². The molecule has 1 aliphatic rings. The summed E-state index contributed by atoms with van der Waals surface area (Å²) in [6.07, 6.45) is 0. The van der Waals surface area contributed by atoms with Gasteiger partial charge in [-0.1, -0.05) is 30.0 Å². The molecule has 0 saturated heterocycles. The molecule has 4 heteroatoms. The summed E-state index contributed by atoms with van der Waals surface area (Å²) in [5.41, 5.74) is 2.29. The van der Waals surface area contributed by atoms with Crippen molar-refractivity contribution in [1.29, 1.82) is 0 Å². The summed E-state index contributed by atoms with van der Waals surface area (Å²) >= 11 is 1.65. The number of nitrogens with zero attached hydrogens (tertiary/aromatic N) is 1. The van der Waals surface area contributed by atoms with E-state index in [-0.39, 0.29) is 0 Å². The number of fused-ring (bicyclic) bond motifs is 2. The average Bonchev–Trinajstić information content (AvgIpc) is 2.35. The Hall–Kier alpha value is -1.81. The third-order valence-corrected chi connectivity index (χ3v) is 3.61. The van der Waals surface area contributed by atoms with Gasteiger partial charge in [-0.15, -0.1) is 4.91 Å². The van der Waals surface area contributed by atoms with Gasteiger partial charge in [-0.3, -0.25) is 0 Å². The van der Waals surface area contributed by atoms with Crippen LogP contribution in [0.5, 0.6) is 0 Å². The van der Waals surface area contributed by atoms with E-state index in [0.29, 0.717) is 5.69 Å². The van der Waals surface area contributed by atoms with Crippen LogP contribution in [0.2, 0.25) is 0 Å². The minimum Gasteiger partial charge on any atom is -0.352 e. The maximum atomic E-state index is 10.7. The molecular formula is C12H8N2OS. The molecule has 2 aromatic rings. The molecule has 0 radical (unpaired) electrons. The summed E-state index contributed by atoms with van der Waals surface area (Å²) in [6, 6.07) is 13.6. The summed E-state index contributed by atoms with van der Waals surface area (Å²) in [5.74, 6) is 0. The van der Waals surface area contributed by atoms with E-state index in [1.807, 2.05) is 30.3 Å². The zero-order valence-electron chi connectivity index (χ0n) is 8.31. The van der Waals surface area contributed by atoms with E-state index in [4.69, 9.17) is 0 Å². The summed E-state index contributed by atoms with van der Waals surface area (Å²) in [6.45, 7) is 0. The molecule has 2 aromatic carbocycles. The Balaban J connectivity index is 2.15. The lowest BCUT2D eigenvalue weighted by atomic mass is 10.2. The van der Waals surface area contributed by atoms with Crippen molar-refractivity contribution >= 4 is 28.8 Å². The van der Waals surface area contributed by atoms with Gasteiger partial charge in [0.1, 0.15) is 5.69 Å². The topological polar surface area (TPSA) is 41.5 Å². The van der Waals surface area contributed by atoms with Gasteiger partial charge in [0, 0.05) is 9.79 Å². The number of hydrogen-bond acceptors (Lipinski definition) is 4.